The number of thiocarbonyl (C=S) groups is 1. The monoisotopic (exact) mass is 258 g/mol. The largest absolute Gasteiger partial charge is 0.316 e. The molecule has 1 rings (SSSR count). The first kappa shape index (κ1) is 14.0. The zero-order valence-corrected chi connectivity index (χ0v) is 12.3. The lowest BCUT2D eigenvalue weighted by Crippen LogP contribution is -2.39. The number of amidine groups is 1. The molecule has 0 saturated carbocycles. The predicted molar refractivity (Wildman–Crippen MR) is 78.4 cm³/mol. The van der Waals surface area contributed by atoms with Crippen LogP contribution in [-0.2, 0) is 0 Å². The summed E-state index contributed by atoms with van der Waals surface area (Å²) >= 11 is 7.36. The molecule has 1 heterocycles. The molecule has 16 heavy (non-hydrogen) atoms. The Morgan fingerprint density at radius 3 is 2.69 bits per heavy atom. The Hall–Kier alpha value is -0.0900. The van der Waals surface area contributed by atoms with E-state index in [0.29, 0.717) is 12.0 Å². The van der Waals surface area contributed by atoms with Gasteiger partial charge in [-0.2, -0.15) is 0 Å². The average Bonchev–Trinajstić information content (AvgIpc) is 2.16. The maximum absolute atomic E-state index is 5.51. The summed E-state index contributed by atoms with van der Waals surface area (Å²) in [5.41, 5.74) is 0. The van der Waals surface area contributed by atoms with Crippen LogP contribution in [0.5, 0.6) is 0 Å². The molecule has 92 valence electrons. The summed E-state index contributed by atoms with van der Waals surface area (Å²) in [6.45, 7) is 9.70. The second-order valence-corrected chi connectivity index (χ2v) is 6.38. The van der Waals surface area contributed by atoms with Crippen LogP contribution in [0.1, 0.15) is 40.5 Å². The van der Waals surface area contributed by atoms with Crippen molar-refractivity contribution in [3.05, 3.63) is 0 Å². The Balaban J connectivity index is 2.70. The van der Waals surface area contributed by atoms with Crippen LogP contribution >= 0.6 is 24.0 Å². The van der Waals surface area contributed by atoms with Crippen molar-refractivity contribution in [1.29, 1.82) is 0 Å². The molecule has 0 spiro atoms. The molecular formula is C12H22N2S2. The summed E-state index contributed by atoms with van der Waals surface area (Å²) < 4.78 is 0. The van der Waals surface area contributed by atoms with Gasteiger partial charge in [-0.3, -0.25) is 4.99 Å². The normalized spacial score (nSPS) is 19.9. The quantitative estimate of drug-likeness (QED) is 0.720. The molecule has 0 atom stereocenters. The highest BCUT2D eigenvalue weighted by atomic mass is 32.2. The van der Waals surface area contributed by atoms with Crippen molar-refractivity contribution in [3.63, 3.8) is 0 Å². The minimum absolute atomic E-state index is 0.352. The molecule has 1 aliphatic rings. The van der Waals surface area contributed by atoms with E-state index in [9.17, 15) is 0 Å². The Bertz CT molecular complexity index is 272. The molecule has 1 saturated heterocycles. The van der Waals surface area contributed by atoms with Crippen LogP contribution < -0.4 is 0 Å². The second kappa shape index (κ2) is 6.60. The van der Waals surface area contributed by atoms with E-state index < -0.39 is 0 Å². The number of nitrogens with zero attached hydrogens (tertiary/aromatic N) is 2. The molecule has 0 aromatic rings. The highest BCUT2D eigenvalue weighted by Gasteiger charge is 2.21. The topological polar surface area (TPSA) is 15.6 Å². The van der Waals surface area contributed by atoms with Crippen LogP contribution in [0.15, 0.2) is 4.99 Å². The molecule has 0 aromatic carbocycles. The van der Waals surface area contributed by atoms with Gasteiger partial charge in [-0.15, -0.1) is 0 Å². The number of aliphatic imine (C=N–C) groups is 1. The summed E-state index contributed by atoms with van der Waals surface area (Å²) in [5, 5.41) is 1.13. The first-order valence-electron chi connectivity index (χ1n) is 6.01. The highest BCUT2D eigenvalue weighted by molar-refractivity contribution is 8.13. The molecule has 0 N–H and O–H groups in total. The minimum atomic E-state index is 0.352. The summed E-state index contributed by atoms with van der Waals surface area (Å²) in [6.07, 6.45) is 2.20. The molecule has 0 aromatic heterocycles. The third-order valence-corrected chi connectivity index (χ3v) is 3.70. The number of hydrogen-bond donors (Lipinski definition) is 0. The van der Waals surface area contributed by atoms with Crippen LogP contribution in [0.25, 0.3) is 0 Å². The zero-order valence-electron chi connectivity index (χ0n) is 10.7. The molecule has 2 nitrogen and oxygen atoms in total. The first-order valence-corrected chi connectivity index (χ1v) is 7.41. The maximum Gasteiger partial charge on any atom is 0.164 e. The van der Waals surface area contributed by atoms with Gasteiger partial charge < -0.3 is 4.90 Å². The number of thioether (sulfide) groups is 1. The maximum atomic E-state index is 5.51. The predicted octanol–water partition coefficient (Wildman–Crippen LogP) is 3.56. The van der Waals surface area contributed by atoms with Crippen molar-refractivity contribution < 1.29 is 0 Å². The van der Waals surface area contributed by atoms with Gasteiger partial charge in [0.2, 0.25) is 0 Å². The average molecular weight is 258 g/mol. The van der Waals surface area contributed by atoms with Gasteiger partial charge in [-0.1, -0.05) is 37.8 Å². The summed E-state index contributed by atoms with van der Waals surface area (Å²) in [7, 11) is 0. The first-order chi connectivity index (χ1) is 7.50. The van der Waals surface area contributed by atoms with Crippen molar-refractivity contribution in [3.8, 4) is 0 Å². The molecule has 0 radical (unpaired) electrons. The summed E-state index contributed by atoms with van der Waals surface area (Å²) in [4.78, 5) is 7.96. The number of rotatable bonds is 3. The van der Waals surface area contributed by atoms with Crippen LogP contribution in [0.3, 0.4) is 0 Å². The van der Waals surface area contributed by atoms with E-state index in [2.05, 4.69) is 37.6 Å². The van der Waals surface area contributed by atoms with Crippen LogP contribution in [0.4, 0.5) is 0 Å². The van der Waals surface area contributed by atoms with Gasteiger partial charge in [0, 0.05) is 24.8 Å². The standard InChI is InChI=1S/C12H22N2S2/c1-9(2)8-11(15)14-6-5-7-16-12(14)13-10(3)4/h9-10H,5-8H2,1-4H3. The smallest absolute Gasteiger partial charge is 0.164 e. The second-order valence-electron chi connectivity index (χ2n) is 4.85. The SMILES string of the molecule is CC(C)CC(=S)N1CCCSC1=NC(C)C. The Kier molecular flexibility index (Phi) is 5.76. The van der Waals surface area contributed by atoms with E-state index in [0.717, 1.165) is 23.1 Å². The van der Waals surface area contributed by atoms with Gasteiger partial charge in [0.15, 0.2) is 5.17 Å². The van der Waals surface area contributed by atoms with Gasteiger partial charge in [-0.25, -0.2) is 0 Å². The lowest BCUT2D eigenvalue weighted by Gasteiger charge is -2.31. The third-order valence-electron chi connectivity index (χ3n) is 2.24. The minimum Gasteiger partial charge on any atom is -0.316 e. The molecule has 0 unspecified atom stereocenters. The van der Waals surface area contributed by atoms with Crippen molar-refractivity contribution >= 4 is 34.1 Å². The van der Waals surface area contributed by atoms with E-state index in [4.69, 9.17) is 12.2 Å². The van der Waals surface area contributed by atoms with Gasteiger partial charge in [-0.05, 0) is 26.2 Å². The van der Waals surface area contributed by atoms with Gasteiger partial charge in [0.25, 0.3) is 0 Å². The lowest BCUT2D eigenvalue weighted by molar-refractivity contribution is 0.564. The van der Waals surface area contributed by atoms with E-state index >= 15 is 0 Å². The van der Waals surface area contributed by atoms with Crippen LogP contribution in [-0.4, -0.2) is 33.4 Å². The zero-order chi connectivity index (χ0) is 12.1. The van der Waals surface area contributed by atoms with E-state index in [1.807, 2.05) is 11.8 Å². The van der Waals surface area contributed by atoms with Crippen molar-refractivity contribution in [1.82, 2.24) is 4.90 Å². The molecule has 0 aliphatic carbocycles. The number of hydrogen-bond acceptors (Lipinski definition) is 3. The third kappa shape index (κ3) is 4.42. The Morgan fingerprint density at radius 1 is 1.44 bits per heavy atom. The summed E-state index contributed by atoms with van der Waals surface area (Å²) in [5.74, 6) is 1.80. The molecule has 0 bridgehead atoms. The van der Waals surface area contributed by atoms with Gasteiger partial charge in [0.05, 0.1) is 4.99 Å². The lowest BCUT2D eigenvalue weighted by atomic mass is 10.1. The molecule has 0 amide bonds. The van der Waals surface area contributed by atoms with E-state index in [-0.39, 0.29) is 0 Å². The van der Waals surface area contributed by atoms with Crippen LogP contribution in [0, 0.1) is 5.92 Å². The van der Waals surface area contributed by atoms with Crippen LogP contribution in [0.2, 0.25) is 0 Å². The Morgan fingerprint density at radius 2 is 2.12 bits per heavy atom. The molecule has 1 aliphatic heterocycles. The highest BCUT2D eigenvalue weighted by Crippen LogP contribution is 2.21. The van der Waals surface area contributed by atoms with Gasteiger partial charge >= 0.3 is 0 Å². The molecule has 4 heteroatoms. The Labute approximate surface area is 109 Å². The van der Waals surface area contributed by atoms with Crippen molar-refractivity contribution in [2.45, 2.75) is 46.6 Å². The fourth-order valence-corrected chi connectivity index (χ4v) is 3.25. The fourth-order valence-electron chi connectivity index (χ4n) is 1.58. The molecule has 1 fully saturated rings. The van der Waals surface area contributed by atoms with Gasteiger partial charge in [0.1, 0.15) is 0 Å². The van der Waals surface area contributed by atoms with E-state index in [1.165, 1.54) is 12.2 Å². The fraction of sp³-hybridized carbons (Fsp3) is 0.833. The summed E-state index contributed by atoms with van der Waals surface area (Å²) in [6, 6.07) is 0.352. The molecular weight excluding hydrogens is 236 g/mol. The van der Waals surface area contributed by atoms with Crippen molar-refractivity contribution in [2.75, 3.05) is 12.3 Å². The van der Waals surface area contributed by atoms with E-state index in [1.54, 1.807) is 0 Å². The van der Waals surface area contributed by atoms with Crippen molar-refractivity contribution in [2.24, 2.45) is 10.9 Å².